The number of ether oxygens (including phenoxy) is 5. The second-order valence-corrected chi connectivity index (χ2v) is 32.0. The molecule has 6 heterocycles. The summed E-state index contributed by atoms with van der Waals surface area (Å²) in [6, 6.07) is 16.7. The van der Waals surface area contributed by atoms with Crippen LogP contribution in [0.2, 0.25) is 35.3 Å². The van der Waals surface area contributed by atoms with E-state index < -0.39 is 11.9 Å². The van der Waals surface area contributed by atoms with Gasteiger partial charge < -0.3 is 61.1 Å². The van der Waals surface area contributed by atoms with Gasteiger partial charge >= 0.3 is 11.9 Å². The summed E-state index contributed by atoms with van der Waals surface area (Å²) in [6.07, 6.45) is 22.5. The van der Waals surface area contributed by atoms with E-state index in [1.807, 2.05) is 32.0 Å². The molecule has 9 aliphatic rings. The van der Waals surface area contributed by atoms with Gasteiger partial charge in [0, 0.05) is 61.0 Å². The van der Waals surface area contributed by atoms with Gasteiger partial charge in [-0.15, -0.1) is 0 Å². The summed E-state index contributed by atoms with van der Waals surface area (Å²) in [5.74, 6) is 0.175. The summed E-state index contributed by atoms with van der Waals surface area (Å²) < 4.78 is 28.7. The highest BCUT2D eigenvalue weighted by Crippen LogP contribution is 2.52. The summed E-state index contributed by atoms with van der Waals surface area (Å²) in [4.78, 5) is 56.7. The Morgan fingerprint density at radius 2 is 0.835 bits per heavy atom. The van der Waals surface area contributed by atoms with Crippen molar-refractivity contribution >= 4 is 105 Å². The quantitative estimate of drug-likeness (QED) is 0.0563. The van der Waals surface area contributed by atoms with Crippen molar-refractivity contribution in [2.24, 2.45) is 33.4 Å². The number of aliphatic hydroxyl groups is 1. The van der Waals surface area contributed by atoms with Crippen molar-refractivity contribution in [3.63, 3.8) is 0 Å². The van der Waals surface area contributed by atoms with E-state index in [0.717, 1.165) is 114 Å². The van der Waals surface area contributed by atoms with Crippen LogP contribution >= 0.6 is 81.2 Å². The second-order valence-electron chi connectivity index (χ2n) is 29.3. The van der Waals surface area contributed by atoms with Crippen LogP contribution in [-0.2, 0) is 30.3 Å². The Balaban J connectivity index is 0.000000135. The van der Waals surface area contributed by atoms with Crippen LogP contribution in [0.1, 0.15) is 173 Å². The van der Waals surface area contributed by atoms with E-state index in [9.17, 15) is 14.7 Å². The van der Waals surface area contributed by atoms with Gasteiger partial charge in [-0.25, -0.2) is 39.5 Å². The summed E-state index contributed by atoms with van der Waals surface area (Å²) >= 11 is 43.5. The topological polar surface area (TPSA) is 274 Å². The Kier molecular flexibility index (Phi) is 25.5. The Morgan fingerprint density at radius 3 is 1.22 bits per heavy atom. The van der Waals surface area contributed by atoms with Crippen LogP contribution in [0, 0.1) is 37.0 Å². The predicted molar refractivity (Wildman–Crippen MR) is 407 cm³/mol. The van der Waals surface area contributed by atoms with Crippen molar-refractivity contribution in [2.75, 3.05) is 62.3 Å². The third-order valence-corrected chi connectivity index (χ3v) is 24.9. The Labute approximate surface area is 639 Å². The van der Waals surface area contributed by atoms with Crippen molar-refractivity contribution in [2.45, 2.75) is 212 Å². The van der Waals surface area contributed by atoms with Crippen molar-refractivity contribution in [1.82, 2.24) is 35.2 Å². The highest BCUT2D eigenvalue weighted by Gasteiger charge is 2.51. The number of aromatic nitrogens is 6. The number of aryl methyl sites for hydroxylation is 3. The monoisotopic (exact) mass is 1550 g/mol. The molecule has 103 heavy (non-hydrogen) atoms. The molecule has 0 radical (unpaired) electrons. The van der Waals surface area contributed by atoms with E-state index in [1.54, 1.807) is 57.2 Å². The fourth-order valence-corrected chi connectivity index (χ4v) is 17.4. The molecule has 6 aromatic rings. The fourth-order valence-electron chi connectivity index (χ4n) is 16.0. The number of rotatable bonds is 16. The van der Waals surface area contributed by atoms with Crippen LogP contribution in [0.3, 0.4) is 0 Å². The van der Waals surface area contributed by atoms with Gasteiger partial charge in [0.05, 0.1) is 121 Å². The molecule has 0 unspecified atom stereocenters. The zero-order valence-corrected chi connectivity index (χ0v) is 64.5. The molecule has 6 atom stereocenters. The van der Waals surface area contributed by atoms with Gasteiger partial charge in [-0.05, 0) is 198 Å². The molecule has 6 aliphatic carbocycles. The maximum Gasteiger partial charge on any atom is 0.360 e. The number of anilines is 2. The van der Waals surface area contributed by atoms with Crippen LogP contribution in [0.4, 0.5) is 11.6 Å². The zero-order chi connectivity index (χ0) is 73.1. The molecule has 3 aliphatic heterocycles. The number of nitrogens with one attached hydrogen (secondary N) is 1. The molecule has 3 aromatic carbocycles. The SMILES string of the molecule is CCOC(=O)c1nc(-c2cccc(Cl)c2Cl)c(C)nc1Cl.CCOC(=O)c1nc(-c2cccc(Cl)c2Cl)c(C)nc1N1CCC2(CC1)C[C@@H](OC1CC1)C[C@H]2N.Cc1nc(N2CCC3(CC2)C[C@@H](OC2CC2)C[C@H]3N)c(CO)nc1-c1cccc(Cl)c1Cl.N[C@@H]1C[C@H](OC2CC2)CC12CCNCC2. The van der Waals surface area contributed by atoms with Crippen LogP contribution in [0.25, 0.3) is 33.8 Å². The lowest BCUT2D eigenvalue weighted by Gasteiger charge is -2.42. The minimum absolute atomic E-state index is 0.00662. The van der Waals surface area contributed by atoms with Gasteiger partial charge in [0.1, 0.15) is 5.69 Å². The molecule has 0 bridgehead atoms. The Hall–Kier alpha value is -4.85. The van der Waals surface area contributed by atoms with Crippen molar-refractivity contribution in [3.05, 3.63) is 124 Å². The average molecular weight is 1550 g/mol. The number of carbonyl (C=O) groups excluding carboxylic acids is 2. The molecular weight excluding hydrogens is 1460 g/mol. The van der Waals surface area contributed by atoms with E-state index in [0.29, 0.717) is 123 Å². The lowest BCUT2D eigenvalue weighted by molar-refractivity contribution is 0.0326. The summed E-state index contributed by atoms with van der Waals surface area (Å²) in [5, 5.41) is 16.0. The highest BCUT2D eigenvalue weighted by molar-refractivity contribution is 6.45. The van der Waals surface area contributed by atoms with Crippen LogP contribution in [0.5, 0.6) is 0 Å². The van der Waals surface area contributed by atoms with Gasteiger partial charge in [-0.3, -0.25) is 0 Å². The Morgan fingerprint density at radius 1 is 0.485 bits per heavy atom. The molecule has 0 amide bonds. The van der Waals surface area contributed by atoms with E-state index in [-0.39, 0.29) is 65.4 Å². The standard InChI is InChI=1S/C26H32Cl2N4O3.C24H30Cl2N4O2.C14H11Cl3N2O2.C12H22N2O/c1-3-34-25(33)23-24(30-15(2)22(31-23)18-5-4-6-19(27)21(18)28)32-11-9-26(10-12-32)14-17(13-20(26)29)35-16-7-8-16;1-14-22(17-3-2-4-18(25)21(17)26)29-19(13-31)23(28-14)30-9-7-24(8-10-30)12-16(11-20(24)27)32-15-5-6-15;1-3-21-14(20)12-13(17)18-7(2)11(19-12)8-5-4-6-9(15)10(8)16;13-11-7-10(15-9-1-2-9)8-12(11)3-5-14-6-4-12/h4-6,16-17,20H,3,7-14,29H2,1-2H3;2-4,15-16,20,31H,5-13,27H2,1H3;4-6H,3H2,1-2H3;9-11,14H,1-8,13H2/t17-,20+;16-,20+;;10-,11+/m00.0/s1. The number of hydrogen-bond acceptors (Lipinski definition) is 20. The molecule has 3 aromatic heterocycles. The molecule has 15 rings (SSSR count). The molecule has 8 N–H and O–H groups in total. The fraction of sp³-hybridized carbons (Fsp3) is 0.579. The van der Waals surface area contributed by atoms with Crippen molar-refractivity contribution in [3.8, 4) is 33.8 Å². The van der Waals surface area contributed by atoms with Gasteiger partial charge in [0.2, 0.25) is 0 Å². The first-order chi connectivity index (χ1) is 49.4. The molecule has 27 heteroatoms. The summed E-state index contributed by atoms with van der Waals surface area (Å²) in [7, 11) is 0. The lowest BCUT2D eigenvalue weighted by Crippen LogP contribution is -2.47. The molecule has 556 valence electrons. The summed E-state index contributed by atoms with van der Waals surface area (Å²) in [5.41, 5.74) is 26.5. The smallest absolute Gasteiger partial charge is 0.360 e. The van der Waals surface area contributed by atoms with Crippen molar-refractivity contribution in [1.29, 1.82) is 0 Å². The number of carbonyl (C=O) groups is 2. The minimum atomic E-state index is -0.630. The number of nitrogens with zero attached hydrogens (tertiary/aromatic N) is 8. The largest absolute Gasteiger partial charge is 0.461 e. The second kappa shape index (κ2) is 33.7. The normalized spacial score (nSPS) is 23.7. The van der Waals surface area contributed by atoms with Crippen molar-refractivity contribution < 1.29 is 38.4 Å². The Bertz CT molecular complexity index is 4020. The minimum Gasteiger partial charge on any atom is -0.461 e. The van der Waals surface area contributed by atoms with Crippen LogP contribution in [0.15, 0.2) is 54.6 Å². The highest BCUT2D eigenvalue weighted by atomic mass is 35.5. The van der Waals surface area contributed by atoms with Gasteiger partial charge in [0.25, 0.3) is 0 Å². The number of nitrogens with two attached hydrogens (primary N) is 3. The average Bonchev–Trinajstić information content (AvgIpc) is 1.61. The molecule has 3 saturated heterocycles. The molecule has 20 nitrogen and oxygen atoms in total. The first kappa shape index (κ1) is 77.8. The number of piperidine rings is 3. The molecule has 3 spiro atoms. The van der Waals surface area contributed by atoms with Crippen LogP contribution < -0.4 is 32.3 Å². The van der Waals surface area contributed by atoms with E-state index in [2.05, 4.69) is 25.1 Å². The maximum absolute atomic E-state index is 13.0. The molecule has 9 fully saturated rings. The number of aliphatic hydroxyl groups excluding tert-OH is 1. The third-order valence-electron chi connectivity index (χ3n) is 22.2. The molecule has 6 saturated carbocycles. The van der Waals surface area contributed by atoms with E-state index in [4.69, 9.17) is 142 Å². The molecular formula is C76H95Cl7N12O8. The van der Waals surface area contributed by atoms with Gasteiger partial charge in [-0.2, -0.15) is 0 Å². The third kappa shape index (κ3) is 18.0. The van der Waals surface area contributed by atoms with Gasteiger partial charge in [0.15, 0.2) is 28.2 Å². The predicted octanol–water partition coefficient (Wildman–Crippen LogP) is 15.3. The number of esters is 2. The number of hydrogen-bond donors (Lipinski definition) is 5. The van der Waals surface area contributed by atoms with Gasteiger partial charge in [-0.1, -0.05) is 118 Å². The first-order valence-corrected chi connectivity index (χ1v) is 39.1. The van der Waals surface area contributed by atoms with E-state index >= 15 is 0 Å². The van der Waals surface area contributed by atoms with Crippen LogP contribution in [-0.4, -0.2) is 154 Å². The maximum atomic E-state index is 13.0. The number of halogens is 7. The number of benzene rings is 3. The first-order valence-electron chi connectivity index (χ1n) is 36.5. The summed E-state index contributed by atoms with van der Waals surface area (Å²) in [6.45, 7) is 14.8. The van der Waals surface area contributed by atoms with E-state index in [1.165, 1.54) is 57.8 Å². The lowest BCUT2D eigenvalue weighted by atomic mass is 9.74. The zero-order valence-electron chi connectivity index (χ0n) is 59.2.